The summed E-state index contributed by atoms with van der Waals surface area (Å²) >= 11 is 1.88. The van der Waals surface area contributed by atoms with E-state index in [0.29, 0.717) is 0 Å². The van der Waals surface area contributed by atoms with Gasteiger partial charge in [0, 0.05) is 42.6 Å². The highest BCUT2D eigenvalue weighted by Gasteiger charge is 2.26. The Bertz CT molecular complexity index is 3120. The highest BCUT2D eigenvalue weighted by Crippen LogP contribution is 2.52. The third-order valence-electron chi connectivity index (χ3n) is 9.93. The minimum absolute atomic E-state index is 0.842. The molecule has 0 atom stereocenters. The van der Waals surface area contributed by atoms with Gasteiger partial charge in [0.2, 0.25) is 0 Å². The SMILES string of the molecule is c1ccc(-c2nc3ccccc3nc2-n2c3ccccc3c3c4c5ccccc5c5ccccc5c4c4c5ccccc5sc4c32)cc1. The van der Waals surface area contributed by atoms with E-state index in [4.69, 9.17) is 9.97 Å². The van der Waals surface area contributed by atoms with Gasteiger partial charge < -0.3 is 0 Å². The molecule has 0 aliphatic heterocycles. The van der Waals surface area contributed by atoms with E-state index in [-0.39, 0.29) is 0 Å². The van der Waals surface area contributed by atoms with Crippen molar-refractivity contribution in [2.75, 3.05) is 0 Å². The van der Waals surface area contributed by atoms with Crippen LogP contribution in [0, 0.1) is 0 Å². The number of benzene rings is 8. The number of para-hydroxylation sites is 3. The molecule has 0 aliphatic rings. The molecular weight excluding hydrogens is 603 g/mol. The van der Waals surface area contributed by atoms with Crippen LogP contribution in [-0.2, 0) is 0 Å². The minimum Gasteiger partial charge on any atom is -0.290 e. The van der Waals surface area contributed by atoms with E-state index in [2.05, 4.69) is 144 Å². The zero-order valence-electron chi connectivity index (χ0n) is 25.7. The molecule has 0 fully saturated rings. The summed E-state index contributed by atoms with van der Waals surface area (Å²) in [7, 11) is 0. The molecule has 3 nitrogen and oxygen atoms in total. The smallest absolute Gasteiger partial charge is 0.165 e. The maximum absolute atomic E-state index is 5.45. The minimum atomic E-state index is 0.842. The summed E-state index contributed by atoms with van der Waals surface area (Å²) in [5, 5.41) is 12.8. The van der Waals surface area contributed by atoms with E-state index in [1.54, 1.807) is 0 Å². The van der Waals surface area contributed by atoms with Crippen LogP contribution < -0.4 is 0 Å². The fraction of sp³-hybridized carbons (Fsp3) is 0. The summed E-state index contributed by atoms with van der Waals surface area (Å²) in [5.41, 5.74) is 5.98. The number of thiophene rings is 1. The van der Waals surface area contributed by atoms with Gasteiger partial charge in [0.25, 0.3) is 0 Å². The summed E-state index contributed by atoms with van der Waals surface area (Å²) < 4.78 is 4.96. The van der Waals surface area contributed by atoms with Crippen LogP contribution in [0.5, 0.6) is 0 Å². The van der Waals surface area contributed by atoms with Crippen LogP contribution in [0.25, 0.3) is 102 Å². The molecule has 0 radical (unpaired) electrons. The first-order chi connectivity index (χ1) is 23.8. The standard InChI is InChI=1S/C44H25N3S/c1-2-14-26(15-3-1)41-44(46-34-23-11-10-22-33(34)45-41)47-35-24-12-8-20-31(35)39-37-29-18-6-4-16-27(29)28-17-5-7-19-30(28)38(37)40-32-21-9-13-25-36(32)48-43(40)42(39)47/h1-25H. The molecule has 0 spiro atoms. The first kappa shape index (κ1) is 26.0. The van der Waals surface area contributed by atoms with Crippen molar-refractivity contribution in [3.8, 4) is 17.1 Å². The Morgan fingerprint density at radius 2 is 0.958 bits per heavy atom. The molecule has 8 aromatic carbocycles. The van der Waals surface area contributed by atoms with Crippen molar-refractivity contribution in [2.45, 2.75) is 0 Å². The number of fused-ring (bicyclic) bond motifs is 16. The second-order valence-corrected chi connectivity index (χ2v) is 13.5. The highest BCUT2D eigenvalue weighted by molar-refractivity contribution is 7.27. The topological polar surface area (TPSA) is 30.7 Å². The first-order valence-corrected chi connectivity index (χ1v) is 17.1. The van der Waals surface area contributed by atoms with Crippen LogP contribution in [0.15, 0.2) is 152 Å². The number of rotatable bonds is 2. The summed E-state index contributed by atoms with van der Waals surface area (Å²) in [6.45, 7) is 0. The van der Waals surface area contributed by atoms with Gasteiger partial charge in [0.15, 0.2) is 5.82 Å². The highest BCUT2D eigenvalue weighted by atomic mass is 32.1. The average Bonchev–Trinajstić information content (AvgIpc) is 3.71. The molecule has 4 heteroatoms. The van der Waals surface area contributed by atoms with Gasteiger partial charge in [-0.1, -0.05) is 127 Å². The molecule has 3 heterocycles. The van der Waals surface area contributed by atoms with E-state index in [1.807, 2.05) is 23.5 Å². The monoisotopic (exact) mass is 627 g/mol. The van der Waals surface area contributed by atoms with E-state index in [1.165, 1.54) is 68.8 Å². The van der Waals surface area contributed by atoms with Gasteiger partial charge in [-0.15, -0.1) is 11.3 Å². The largest absolute Gasteiger partial charge is 0.290 e. The zero-order valence-corrected chi connectivity index (χ0v) is 26.5. The van der Waals surface area contributed by atoms with Crippen molar-refractivity contribution in [2.24, 2.45) is 0 Å². The molecule has 11 rings (SSSR count). The summed E-state index contributed by atoms with van der Waals surface area (Å²) in [6, 6.07) is 54.3. The van der Waals surface area contributed by atoms with Gasteiger partial charge in [-0.05, 0) is 45.8 Å². The lowest BCUT2D eigenvalue weighted by Crippen LogP contribution is -2.03. The lowest BCUT2D eigenvalue weighted by Gasteiger charge is -2.16. The van der Waals surface area contributed by atoms with Crippen LogP contribution >= 0.6 is 11.3 Å². The van der Waals surface area contributed by atoms with Crippen molar-refractivity contribution in [1.82, 2.24) is 14.5 Å². The Morgan fingerprint density at radius 3 is 1.69 bits per heavy atom. The fourth-order valence-corrected chi connectivity index (χ4v) is 9.24. The number of hydrogen-bond acceptors (Lipinski definition) is 3. The predicted molar refractivity (Wildman–Crippen MR) is 205 cm³/mol. The Labute approximate surface area is 278 Å². The van der Waals surface area contributed by atoms with Crippen LogP contribution in [-0.4, -0.2) is 14.5 Å². The lowest BCUT2D eigenvalue weighted by molar-refractivity contribution is 1.08. The van der Waals surface area contributed by atoms with Gasteiger partial charge in [-0.3, -0.25) is 4.57 Å². The van der Waals surface area contributed by atoms with Gasteiger partial charge in [0.1, 0.15) is 5.69 Å². The third-order valence-corrected chi connectivity index (χ3v) is 11.1. The van der Waals surface area contributed by atoms with Crippen molar-refractivity contribution in [3.63, 3.8) is 0 Å². The molecule has 3 aromatic heterocycles. The lowest BCUT2D eigenvalue weighted by atomic mass is 9.89. The molecular formula is C44H25N3S. The van der Waals surface area contributed by atoms with Crippen molar-refractivity contribution in [3.05, 3.63) is 152 Å². The molecule has 11 aromatic rings. The first-order valence-electron chi connectivity index (χ1n) is 16.3. The second kappa shape index (κ2) is 9.71. The van der Waals surface area contributed by atoms with Crippen molar-refractivity contribution in [1.29, 1.82) is 0 Å². The van der Waals surface area contributed by atoms with Crippen molar-refractivity contribution >= 4 is 96.7 Å². The molecule has 0 unspecified atom stereocenters. The summed E-state index contributed by atoms with van der Waals surface area (Å²) in [5.74, 6) is 0.842. The molecule has 0 saturated heterocycles. The Balaban J connectivity index is 1.49. The quantitative estimate of drug-likeness (QED) is 0.179. The molecule has 222 valence electrons. The van der Waals surface area contributed by atoms with E-state index in [9.17, 15) is 0 Å². The summed E-state index contributed by atoms with van der Waals surface area (Å²) in [6.07, 6.45) is 0. The number of nitrogens with zero attached hydrogens (tertiary/aromatic N) is 3. The summed E-state index contributed by atoms with van der Waals surface area (Å²) in [4.78, 5) is 10.8. The van der Waals surface area contributed by atoms with Crippen LogP contribution in [0.2, 0.25) is 0 Å². The fourth-order valence-electron chi connectivity index (χ4n) is 7.99. The third kappa shape index (κ3) is 3.42. The molecule has 0 N–H and O–H groups in total. The predicted octanol–water partition coefficient (Wildman–Crippen LogP) is 12.2. The van der Waals surface area contributed by atoms with E-state index in [0.717, 1.165) is 33.6 Å². The molecule has 0 aliphatic carbocycles. The maximum Gasteiger partial charge on any atom is 0.165 e. The Kier molecular flexibility index (Phi) is 5.26. The number of hydrogen-bond donors (Lipinski definition) is 0. The van der Waals surface area contributed by atoms with Crippen LogP contribution in [0.1, 0.15) is 0 Å². The molecule has 48 heavy (non-hydrogen) atoms. The molecule has 0 saturated carbocycles. The zero-order chi connectivity index (χ0) is 31.3. The van der Waals surface area contributed by atoms with Gasteiger partial charge in [0.05, 0.1) is 26.8 Å². The Hall–Kier alpha value is -6.10. The average molecular weight is 628 g/mol. The molecule has 0 amide bonds. The van der Waals surface area contributed by atoms with Crippen LogP contribution in [0.4, 0.5) is 0 Å². The Morgan fingerprint density at radius 1 is 0.417 bits per heavy atom. The number of aromatic nitrogens is 3. The maximum atomic E-state index is 5.45. The van der Waals surface area contributed by atoms with Gasteiger partial charge in [-0.25, -0.2) is 9.97 Å². The van der Waals surface area contributed by atoms with Crippen molar-refractivity contribution < 1.29 is 0 Å². The second-order valence-electron chi connectivity index (χ2n) is 12.5. The van der Waals surface area contributed by atoms with Gasteiger partial charge >= 0.3 is 0 Å². The normalized spacial score (nSPS) is 12.2. The van der Waals surface area contributed by atoms with Crippen LogP contribution in [0.3, 0.4) is 0 Å². The molecule has 0 bridgehead atoms. The van der Waals surface area contributed by atoms with E-state index < -0.39 is 0 Å². The van der Waals surface area contributed by atoms with E-state index >= 15 is 0 Å². The van der Waals surface area contributed by atoms with Gasteiger partial charge in [-0.2, -0.15) is 0 Å².